The fourth-order valence-electron chi connectivity index (χ4n) is 3.83. The Kier molecular flexibility index (Phi) is 8.37. The van der Waals surface area contributed by atoms with Crippen molar-refractivity contribution in [2.24, 2.45) is 0 Å². The SMILES string of the molecule is CC(C)NC(=O)c1cnc(Nc2ccc3c(c2)CCN(C)C3)nc1Nc1ccn(C(C)(C)C)n1.I.[HH]. The molecule has 1 amide bonds. The van der Waals surface area contributed by atoms with E-state index >= 15 is 0 Å². The second-order valence-electron chi connectivity index (χ2n) is 10.1. The third-order valence-corrected chi connectivity index (χ3v) is 5.64. The van der Waals surface area contributed by atoms with Crippen molar-refractivity contribution in [2.75, 3.05) is 24.2 Å². The van der Waals surface area contributed by atoms with Crippen LogP contribution >= 0.6 is 24.0 Å². The van der Waals surface area contributed by atoms with Gasteiger partial charge in [-0.05, 0) is 71.3 Å². The van der Waals surface area contributed by atoms with Crippen LogP contribution in [0.3, 0.4) is 0 Å². The van der Waals surface area contributed by atoms with Crippen LogP contribution in [0.4, 0.5) is 23.3 Å². The predicted octanol–water partition coefficient (Wildman–Crippen LogP) is 4.91. The first-order chi connectivity index (χ1) is 16.1. The number of carbonyl (C=O) groups excluding carboxylic acids is 1. The van der Waals surface area contributed by atoms with Crippen molar-refractivity contribution in [1.29, 1.82) is 0 Å². The van der Waals surface area contributed by atoms with Gasteiger partial charge in [0.1, 0.15) is 11.4 Å². The van der Waals surface area contributed by atoms with Crippen LogP contribution in [-0.2, 0) is 18.5 Å². The summed E-state index contributed by atoms with van der Waals surface area (Å²) in [6.45, 7) is 12.1. The molecule has 3 aromatic rings. The van der Waals surface area contributed by atoms with E-state index in [9.17, 15) is 4.79 Å². The lowest BCUT2D eigenvalue weighted by Crippen LogP contribution is -2.31. The minimum Gasteiger partial charge on any atom is -0.350 e. The summed E-state index contributed by atoms with van der Waals surface area (Å²) in [6, 6.07) is 8.20. The lowest BCUT2D eigenvalue weighted by Gasteiger charge is -2.25. The largest absolute Gasteiger partial charge is 0.350 e. The minimum atomic E-state index is -0.239. The quantitative estimate of drug-likeness (QED) is 0.350. The van der Waals surface area contributed by atoms with Crippen LogP contribution < -0.4 is 16.0 Å². The third-order valence-electron chi connectivity index (χ3n) is 5.64. The Morgan fingerprint density at radius 2 is 1.91 bits per heavy atom. The summed E-state index contributed by atoms with van der Waals surface area (Å²) in [6.07, 6.45) is 4.46. The average Bonchev–Trinajstić information content (AvgIpc) is 3.23. The molecule has 1 aromatic carbocycles. The molecule has 0 spiro atoms. The molecule has 35 heavy (non-hydrogen) atoms. The Bertz CT molecular complexity index is 1190. The number of carbonyl (C=O) groups is 1. The number of nitrogens with one attached hydrogen (secondary N) is 3. The molecule has 0 fully saturated rings. The number of nitrogens with zero attached hydrogens (tertiary/aromatic N) is 5. The van der Waals surface area contributed by atoms with E-state index in [0.29, 0.717) is 23.1 Å². The van der Waals surface area contributed by atoms with Gasteiger partial charge in [0.2, 0.25) is 5.95 Å². The minimum absolute atomic E-state index is 0. The molecule has 0 saturated heterocycles. The van der Waals surface area contributed by atoms with E-state index in [1.165, 1.54) is 11.1 Å². The Labute approximate surface area is 225 Å². The molecule has 3 N–H and O–H groups in total. The topological polar surface area (TPSA) is 100 Å². The fraction of sp³-hybridized carbons (Fsp3) is 0.440. The van der Waals surface area contributed by atoms with Crippen LogP contribution in [0.15, 0.2) is 36.7 Å². The Morgan fingerprint density at radius 1 is 1.14 bits per heavy atom. The molecule has 0 unspecified atom stereocenters. The maximum absolute atomic E-state index is 12.8. The maximum Gasteiger partial charge on any atom is 0.256 e. The number of likely N-dealkylation sites (N-methyl/N-ethyl adjacent to an activating group) is 1. The number of hydrogen-bond acceptors (Lipinski definition) is 7. The molecule has 0 aliphatic carbocycles. The van der Waals surface area contributed by atoms with Crippen LogP contribution in [0.2, 0.25) is 0 Å². The van der Waals surface area contributed by atoms with Crippen molar-refractivity contribution in [3.8, 4) is 0 Å². The smallest absolute Gasteiger partial charge is 0.256 e. The van der Waals surface area contributed by atoms with Crippen LogP contribution in [-0.4, -0.2) is 50.2 Å². The third kappa shape index (κ3) is 6.69. The van der Waals surface area contributed by atoms with E-state index < -0.39 is 0 Å². The van der Waals surface area contributed by atoms with Crippen molar-refractivity contribution >= 4 is 53.2 Å². The molecular weight excluding hydrogens is 555 g/mol. The van der Waals surface area contributed by atoms with Crippen molar-refractivity contribution in [3.63, 3.8) is 0 Å². The summed E-state index contributed by atoms with van der Waals surface area (Å²) in [5.41, 5.74) is 3.81. The normalized spacial score (nSPS) is 13.7. The molecule has 10 heteroatoms. The van der Waals surface area contributed by atoms with E-state index in [0.717, 1.165) is 25.2 Å². The molecule has 4 rings (SSSR count). The van der Waals surface area contributed by atoms with Crippen LogP contribution in [0.5, 0.6) is 0 Å². The molecule has 0 saturated carbocycles. The van der Waals surface area contributed by atoms with Crippen LogP contribution in [0, 0.1) is 0 Å². The van der Waals surface area contributed by atoms with Gasteiger partial charge in [0.05, 0.1) is 5.54 Å². The summed E-state index contributed by atoms with van der Waals surface area (Å²) in [5.74, 6) is 1.18. The molecule has 9 nitrogen and oxygen atoms in total. The molecule has 1 aliphatic heterocycles. The van der Waals surface area contributed by atoms with Gasteiger partial charge < -0.3 is 20.9 Å². The summed E-state index contributed by atoms with van der Waals surface area (Å²) < 4.78 is 1.87. The first kappa shape index (κ1) is 26.9. The molecular formula is C25H37IN8O. The van der Waals surface area contributed by atoms with E-state index in [1.807, 2.05) is 36.9 Å². The lowest BCUT2D eigenvalue weighted by molar-refractivity contribution is 0.0943. The highest BCUT2D eigenvalue weighted by Gasteiger charge is 2.19. The van der Waals surface area contributed by atoms with Crippen molar-refractivity contribution in [3.05, 3.63) is 53.3 Å². The van der Waals surface area contributed by atoms with Gasteiger partial charge in [0.25, 0.3) is 5.91 Å². The number of halogens is 1. The maximum atomic E-state index is 12.8. The second-order valence-corrected chi connectivity index (χ2v) is 10.1. The molecule has 0 radical (unpaired) electrons. The lowest BCUT2D eigenvalue weighted by atomic mass is 9.99. The monoisotopic (exact) mass is 592 g/mol. The summed E-state index contributed by atoms with van der Waals surface area (Å²) >= 11 is 0. The zero-order valence-electron chi connectivity index (χ0n) is 21.2. The second kappa shape index (κ2) is 10.9. The van der Waals surface area contributed by atoms with E-state index in [-0.39, 0.29) is 42.9 Å². The summed E-state index contributed by atoms with van der Waals surface area (Å²) in [4.78, 5) is 24.2. The number of fused-ring (bicyclic) bond motifs is 1. The van der Waals surface area contributed by atoms with Gasteiger partial charge in [0.15, 0.2) is 5.82 Å². The number of hydrogen-bond donors (Lipinski definition) is 3. The van der Waals surface area contributed by atoms with E-state index in [4.69, 9.17) is 0 Å². The van der Waals surface area contributed by atoms with Gasteiger partial charge >= 0.3 is 0 Å². The molecule has 2 aromatic heterocycles. The van der Waals surface area contributed by atoms with Gasteiger partial charge in [-0.15, -0.1) is 24.0 Å². The van der Waals surface area contributed by atoms with Gasteiger partial charge in [-0.3, -0.25) is 9.48 Å². The van der Waals surface area contributed by atoms with Crippen molar-refractivity contribution in [1.82, 2.24) is 30.0 Å². The Hall–Kier alpha value is -2.73. The average molecular weight is 593 g/mol. The molecule has 1 aliphatic rings. The van der Waals surface area contributed by atoms with Crippen molar-refractivity contribution < 1.29 is 6.22 Å². The predicted molar refractivity (Wildman–Crippen MR) is 152 cm³/mol. The number of rotatable bonds is 6. The number of anilines is 4. The zero-order valence-corrected chi connectivity index (χ0v) is 23.5. The highest BCUT2D eigenvalue weighted by molar-refractivity contribution is 14.0. The number of aromatic nitrogens is 4. The fourth-order valence-corrected chi connectivity index (χ4v) is 3.83. The Morgan fingerprint density at radius 3 is 2.60 bits per heavy atom. The molecule has 0 atom stereocenters. The summed E-state index contributed by atoms with van der Waals surface area (Å²) in [7, 11) is 2.14. The molecule has 0 bridgehead atoms. The van der Waals surface area contributed by atoms with Gasteiger partial charge in [-0.25, -0.2) is 4.98 Å². The highest BCUT2D eigenvalue weighted by Crippen LogP contribution is 2.25. The van der Waals surface area contributed by atoms with Crippen molar-refractivity contribution in [2.45, 2.75) is 59.2 Å². The van der Waals surface area contributed by atoms with Gasteiger partial charge in [-0.2, -0.15) is 10.1 Å². The standard InChI is InChI=1S/C25H34N8O.HI.H2/c1-16(2)27-23(34)20-14-26-24(28-19-8-7-18-15-32(6)11-9-17(18)13-19)30-22(20)29-21-10-12-33(31-21)25(3,4)5;;/h7-8,10,12-14,16H,9,11,15H2,1-6H3,(H,27,34)(H2,26,28,29,30,31);2*1H. The van der Waals surface area contributed by atoms with Gasteiger partial charge in [-0.1, -0.05) is 6.07 Å². The Balaban J connectivity index is 0.00000228. The van der Waals surface area contributed by atoms with Gasteiger partial charge in [0, 0.05) is 44.7 Å². The van der Waals surface area contributed by atoms with E-state index in [2.05, 4.69) is 75.9 Å². The van der Waals surface area contributed by atoms with Crippen LogP contribution in [0.25, 0.3) is 0 Å². The summed E-state index contributed by atoms with van der Waals surface area (Å²) in [5, 5.41) is 14.0. The van der Waals surface area contributed by atoms with Crippen LogP contribution in [0.1, 0.15) is 57.5 Å². The first-order valence-corrected chi connectivity index (χ1v) is 11.7. The molecule has 190 valence electrons. The van der Waals surface area contributed by atoms with E-state index in [1.54, 1.807) is 6.20 Å². The first-order valence-electron chi connectivity index (χ1n) is 11.7. The number of amides is 1. The molecule has 3 heterocycles. The number of benzene rings is 1. The zero-order chi connectivity index (χ0) is 24.5. The highest BCUT2D eigenvalue weighted by atomic mass is 127.